The topological polar surface area (TPSA) is 41.1 Å². The highest BCUT2D eigenvalue weighted by atomic mass is 32.2. The maximum absolute atomic E-state index is 12.3. The molecule has 1 aliphatic heterocycles. The summed E-state index contributed by atoms with van der Waals surface area (Å²) >= 11 is 1.81. The Hall–Kier alpha value is -1.78. The van der Waals surface area contributed by atoms with E-state index in [1.165, 1.54) is 10.5 Å². The Morgan fingerprint density at radius 3 is 2.61 bits per heavy atom. The fourth-order valence-corrected chi connectivity index (χ4v) is 3.55. The van der Waals surface area contributed by atoms with E-state index in [1.54, 1.807) is 0 Å². The highest BCUT2D eigenvalue weighted by Gasteiger charge is 2.16. The summed E-state index contributed by atoms with van der Waals surface area (Å²) in [5.74, 6) is 0.944. The van der Waals surface area contributed by atoms with Crippen LogP contribution in [-0.4, -0.2) is 25.0 Å². The summed E-state index contributed by atoms with van der Waals surface area (Å²) in [6, 6.07) is 18.6. The van der Waals surface area contributed by atoms with E-state index in [1.807, 2.05) is 42.1 Å². The van der Waals surface area contributed by atoms with Gasteiger partial charge in [0.25, 0.3) is 5.91 Å². The maximum Gasteiger partial charge on any atom is 0.251 e. The second kappa shape index (κ2) is 8.18. The Morgan fingerprint density at radius 1 is 1.13 bits per heavy atom. The van der Waals surface area contributed by atoms with Crippen LogP contribution in [0.1, 0.15) is 28.8 Å². The number of nitrogens with one attached hydrogen (secondary N) is 2. The lowest BCUT2D eigenvalue weighted by molar-refractivity contribution is 0.0930. The molecule has 1 unspecified atom stereocenters. The largest absolute Gasteiger partial charge is 0.348 e. The SMILES string of the molecule is O=C(NC1CCCNC1)c1ccc(CSc2ccccc2)cc1. The Bertz CT molecular complexity index is 622. The third-order valence-corrected chi connectivity index (χ3v) is 5.08. The first-order valence-electron chi connectivity index (χ1n) is 8.09. The van der Waals surface area contributed by atoms with Gasteiger partial charge < -0.3 is 10.6 Å². The minimum atomic E-state index is 0.0287. The summed E-state index contributed by atoms with van der Waals surface area (Å²) in [6.07, 6.45) is 2.19. The third kappa shape index (κ3) is 4.85. The standard InChI is InChI=1S/C19H22N2OS/c22-19(21-17-5-4-12-20-13-17)16-10-8-15(9-11-16)14-23-18-6-2-1-3-7-18/h1-3,6-11,17,20H,4-5,12-14H2,(H,21,22). The van der Waals surface area contributed by atoms with Gasteiger partial charge in [-0.05, 0) is 49.2 Å². The van der Waals surface area contributed by atoms with Crippen molar-refractivity contribution in [2.75, 3.05) is 13.1 Å². The van der Waals surface area contributed by atoms with Crippen LogP contribution in [0.25, 0.3) is 0 Å². The van der Waals surface area contributed by atoms with Gasteiger partial charge in [0.05, 0.1) is 0 Å². The molecule has 1 fully saturated rings. The highest BCUT2D eigenvalue weighted by Crippen LogP contribution is 2.22. The molecule has 0 bridgehead atoms. The molecule has 1 amide bonds. The number of hydrogen-bond donors (Lipinski definition) is 2. The van der Waals surface area contributed by atoms with Crippen molar-refractivity contribution in [2.45, 2.75) is 29.5 Å². The Kier molecular flexibility index (Phi) is 5.72. The summed E-state index contributed by atoms with van der Waals surface area (Å²) in [5.41, 5.74) is 1.97. The molecule has 1 aliphatic rings. The fourth-order valence-electron chi connectivity index (χ4n) is 2.68. The molecule has 120 valence electrons. The van der Waals surface area contributed by atoms with Gasteiger partial charge >= 0.3 is 0 Å². The first-order valence-corrected chi connectivity index (χ1v) is 9.08. The van der Waals surface area contributed by atoms with Crippen LogP contribution >= 0.6 is 11.8 Å². The smallest absolute Gasteiger partial charge is 0.251 e. The van der Waals surface area contributed by atoms with E-state index < -0.39 is 0 Å². The fraction of sp³-hybridized carbons (Fsp3) is 0.316. The molecule has 1 saturated heterocycles. The molecule has 0 aliphatic carbocycles. The maximum atomic E-state index is 12.3. The zero-order valence-corrected chi connectivity index (χ0v) is 13.9. The van der Waals surface area contributed by atoms with E-state index in [0.717, 1.165) is 37.2 Å². The van der Waals surface area contributed by atoms with Crippen LogP contribution in [0.3, 0.4) is 0 Å². The van der Waals surface area contributed by atoms with E-state index in [4.69, 9.17) is 0 Å². The Morgan fingerprint density at radius 2 is 1.91 bits per heavy atom. The second-order valence-electron chi connectivity index (χ2n) is 5.82. The number of carbonyl (C=O) groups excluding carboxylic acids is 1. The molecule has 2 aromatic carbocycles. The molecule has 4 heteroatoms. The predicted molar refractivity (Wildman–Crippen MR) is 95.8 cm³/mol. The monoisotopic (exact) mass is 326 g/mol. The van der Waals surface area contributed by atoms with Crippen LogP contribution in [0.5, 0.6) is 0 Å². The molecule has 3 rings (SSSR count). The van der Waals surface area contributed by atoms with E-state index >= 15 is 0 Å². The first-order chi connectivity index (χ1) is 11.3. The lowest BCUT2D eigenvalue weighted by Gasteiger charge is -2.23. The summed E-state index contributed by atoms with van der Waals surface area (Å²) in [6.45, 7) is 1.93. The van der Waals surface area contributed by atoms with Gasteiger partial charge in [-0.15, -0.1) is 11.8 Å². The molecule has 1 atom stereocenters. The number of hydrogen-bond acceptors (Lipinski definition) is 3. The van der Waals surface area contributed by atoms with Crippen molar-refractivity contribution in [1.29, 1.82) is 0 Å². The van der Waals surface area contributed by atoms with Gasteiger partial charge in [0.15, 0.2) is 0 Å². The average Bonchev–Trinajstić information content (AvgIpc) is 2.62. The molecule has 2 N–H and O–H groups in total. The van der Waals surface area contributed by atoms with E-state index in [9.17, 15) is 4.79 Å². The van der Waals surface area contributed by atoms with Crippen LogP contribution in [0.15, 0.2) is 59.5 Å². The summed E-state index contributed by atoms with van der Waals surface area (Å²) < 4.78 is 0. The molecular formula is C19H22N2OS. The number of amides is 1. The normalized spacial score (nSPS) is 17.7. The van der Waals surface area contributed by atoms with Crippen LogP contribution in [0.2, 0.25) is 0 Å². The van der Waals surface area contributed by atoms with E-state index in [0.29, 0.717) is 0 Å². The molecule has 0 saturated carbocycles. The van der Waals surface area contributed by atoms with E-state index in [2.05, 4.69) is 34.9 Å². The number of benzene rings is 2. The highest BCUT2D eigenvalue weighted by molar-refractivity contribution is 7.98. The third-order valence-electron chi connectivity index (χ3n) is 4.00. The van der Waals surface area contributed by atoms with Crippen molar-refractivity contribution >= 4 is 17.7 Å². The quantitative estimate of drug-likeness (QED) is 0.827. The van der Waals surface area contributed by atoms with E-state index in [-0.39, 0.29) is 11.9 Å². The van der Waals surface area contributed by atoms with Crippen LogP contribution in [0, 0.1) is 0 Å². The number of carbonyl (C=O) groups is 1. The van der Waals surface area contributed by atoms with Crippen molar-refractivity contribution in [3.63, 3.8) is 0 Å². The Labute approximate surface area is 141 Å². The summed E-state index contributed by atoms with van der Waals surface area (Å²) in [4.78, 5) is 13.5. The summed E-state index contributed by atoms with van der Waals surface area (Å²) in [5, 5.41) is 6.42. The second-order valence-corrected chi connectivity index (χ2v) is 6.86. The van der Waals surface area contributed by atoms with Gasteiger partial charge in [0.2, 0.25) is 0 Å². The van der Waals surface area contributed by atoms with Gasteiger partial charge in [-0.25, -0.2) is 0 Å². The van der Waals surface area contributed by atoms with Crippen LogP contribution < -0.4 is 10.6 Å². The van der Waals surface area contributed by atoms with Gasteiger partial charge in [0.1, 0.15) is 0 Å². The minimum absolute atomic E-state index is 0.0287. The zero-order valence-electron chi connectivity index (χ0n) is 13.1. The molecule has 23 heavy (non-hydrogen) atoms. The molecular weight excluding hydrogens is 304 g/mol. The van der Waals surface area contributed by atoms with Crippen LogP contribution in [0.4, 0.5) is 0 Å². The number of rotatable bonds is 5. The first kappa shape index (κ1) is 16.1. The lowest BCUT2D eigenvalue weighted by atomic mass is 10.1. The summed E-state index contributed by atoms with van der Waals surface area (Å²) in [7, 11) is 0. The molecule has 0 spiro atoms. The van der Waals surface area contributed by atoms with Crippen molar-refractivity contribution in [1.82, 2.24) is 10.6 Å². The number of piperidine rings is 1. The van der Waals surface area contributed by atoms with Crippen LogP contribution in [-0.2, 0) is 5.75 Å². The average molecular weight is 326 g/mol. The van der Waals surface area contributed by atoms with Gasteiger partial charge in [0, 0.05) is 28.8 Å². The molecule has 3 nitrogen and oxygen atoms in total. The molecule has 0 radical (unpaired) electrons. The zero-order chi connectivity index (χ0) is 15.9. The van der Waals surface area contributed by atoms with Gasteiger partial charge in [-0.1, -0.05) is 30.3 Å². The van der Waals surface area contributed by atoms with Gasteiger partial charge in [-0.3, -0.25) is 4.79 Å². The molecule has 2 aromatic rings. The van der Waals surface area contributed by atoms with Gasteiger partial charge in [-0.2, -0.15) is 0 Å². The molecule has 0 aromatic heterocycles. The van der Waals surface area contributed by atoms with Crippen molar-refractivity contribution < 1.29 is 4.79 Å². The predicted octanol–water partition coefficient (Wildman–Crippen LogP) is 3.46. The van der Waals surface area contributed by atoms with Crippen molar-refractivity contribution in [2.24, 2.45) is 0 Å². The number of thioether (sulfide) groups is 1. The lowest BCUT2D eigenvalue weighted by Crippen LogP contribution is -2.45. The van der Waals surface area contributed by atoms with Crippen molar-refractivity contribution in [3.05, 3.63) is 65.7 Å². The minimum Gasteiger partial charge on any atom is -0.348 e. The van der Waals surface area contributed by atoms with Crippen molar-refractivity contribution in [3.8, 4) is 0 Å². The molecule has 1 heterocycles. The Balaban J connectivity index is 1.52.